The first-order valence-corrected chi connectivity index (χ1v) is 15.8. The third-order valence-corrected chi connectivity index (χ3v) is 7.11. The maximum atomic E-state index is 13.3. The van der Waals surface area contributed by atoms with Crippen LogP contribution in [0.25, 0.3) is 0 Å². The molecule has 1 heterocycles. The van der Waals surface area contributed by atoms with E-state index in [-0.39, 0.29) is 64.0 Å². The Labute approximate surface area is 279 Å². The van der Waals surface area contributed by atoms with Gasteiger partial charge in [-0.2, -0.15) is 0 Å². The molecule has 18 heteroatoms. The fourth-order valence-corrected chi connectivity index (χ4v) is 4.61. The highest BCUT2D eigenvalue weighted by Crippen LogP contribution is 2.20. The number of nitrogens with one attached hydrogen (secondary N) is 4. The molecule has 0 saturated carbocycles. The molecule has 0 bridgehead atoms. The van der Waals surface area contributed by atoms with Gasteiger partial charge in [-0.15, -0.1) is 4.99 Å². The summed E-state index contributed by atoms with van der Waals surface area (Å²) in [5.41, 5.74) is 0. The fourth-order valence-electron chi connectivity index (χ4n) is 4.61. The van der Waals surface area contributed by atoms with Crippen molar-refractivity contribution in [3.63, 3.8) is 0 Å². The first-order valence-electron chi connectivity index (χ1n) is 15.8. The van der Waals surface area contributed by atoms with Crippen LogP contribution in [0.15, 0.2) is 4.99 Å². The molecule has 1 aliphatic rings. The summed E-state index contributed by atoms with van der Waals surface area (Å²) in [6.07, 6.45) is 1.98. The predicted molar refractivity (Wildman–Crippen MR) is 167 cm³/mol. The molecule has 6 amide bonds. The molecule has 48 heavy (non-hydrogen) atoms. The minimum absolute atomic E-state index is 0.0227. The van der Waals surface area contributed by atoms with E-state index in [9.17, 15) is 43.5 Å². The number of rotatable bonds is 24. The number of ether oxygens (including phenoxy) is 3. The molecule has 0 unspecified atom stereocenters. The minimum Gasteiger partial charge on any atom is -0.481 e. The number of carbonyl (C=O) groups excluding carboxylic acids is 7. The van der Waals surface area contributed by atoms with Crippen molar-refractivity contribution in [1.82, 2.24) is 26.2 Å². The van der Waals surface area contributed by atoms with Crippen LogP contribution in [0.5, 0.6) is 0 Å². The Morgan fingerprint density at radius 3 is 2.10 bits per heavy atom. The fraction of sp³-hybridized carbons (Fsp3) is 0.733. The number of carbonyl (C=O) groups is 7. The quantitative estimate of drug-likeness (QED) is 0.0439. The van der Waals surface area contributed by atoms with E-state index in [0.29, 0.717) is 39.0 Å². The highest BCUT2D eigenvalue weighted by molar-refractivity contribution is 5.96. The first kappa shape index (κ1) is 41.8. The number of hydrogen-bond acceptors (Lipinski definition) is 11. The average Bonchev–Trinajstić information content (AvgIpc) is 3.53. The van der Waals surface area contributed by atoms with Gasteiger partial charge in [0.05, 0.1) is 46.1 Å². The van der Waals surface area contributed by atoms with Gasteiger partial charge in [0, 0.05) is 39.4 Å². The van der Waals surface area contributed by atoms with Crippen molar-refractivity contribution < 1.29 is 57.7 Å². The van der Waals surface area contributed by atoms with E-state index in [2.05, 4.69) is 26.3 Å². The van der Waals surface area contributed by atoms with Crippen LogP contribution in [0.4, 0.5) is 0 Å². The lowest BCUT2D eigenvalue weighted by Gasteiger charge is -2.29. The number of carboxylic acids is 1. The van der Waals surface area contributed by atoms with Gasteiger partial charge < -0.3 is 45.5 Å². The molecule has 0 aliphatic carbocycles. The second-order valence-electron chi connectivity index (χ2n) is 11.1. The Morgan fingerprint density at radius 2 is 1.50 bits per heavy atom. The van der Waals surface area contributed by atoms with Crippen molar-refractivity contribution in [3.05, 3.63) is 0 Å². The zero-order valence-corrected chi connectivity index (χ0v) is 27.7. The Kier molecular flexibility index (Phi) is 20.9. The van der Waals surface area contributed by atoms with E-state index >= 15 is 0 Å². The van der Waals surface area contributed by atoms with E-state index in [0.717, 1.165) is 6.08 Å². The largest absolute Gasteiger partial charge is 0.481 e. The van der Waals surface area contributed by atoms with Crippen LogP contribution in [-0.4, -0.2) is 135 Å². The van der Waals surface area contributed by atoms with Crippen molar-refractivity contribution in [2.45, 2.75) is 76.9 Å². The lowest BCUT2D eigenvalue weighted by atomic mass is 10.0. The Balaban J connectivity index is 2.36. The van der Waals surface area contributed by atoms with Crippen LogP contribution in [0, 0.1) is 5.92 Å². The molecule has 0 aromatic heterocycles. The van der Waals surface area contributed by atoms with Crippen LogP contribution >= 0.6 is 0 Å². The van der Waals surface area contributed by atoms with Gasteiger partial charge >= 0.3 is 5.97 Å². The number of likely N-dealkylation sites (tertiary alicyclic amines) is 1. The lowest BCUT2D eigenvalue weighted by Crippen LogP contribution is -2.56. The zero-order valence-electron chi connectivity index (χ0n) is 27.7. The summed E-state index contributed by atoms with van der Waals surface area (Å²) in [6, 6.07) is -3.56. The molecule has 0 aromatic carbocycles. The molecule has 270 valence electrons. The molecular weight excluding hydrogens is 636 g/mol. The summed E-state index contributed by atoms with van der Waals surface area (Å²) in [7, 11) is 1.54. The van der Waals surface area contributed by atoms with Crippen molar-refractivity contribution in [2.75, 3.05) is 59.8 Å². The second-order valence-corrected chi connectivity index (χ2v) is 11.1. The summed E-state index contributed by atoms with van der Waals surface area (Å²) < 4.78 is 16.1. The molecule has 0 aromatic rings. The van der Waals surface area contributed by atoms with Gasteiger partial charge in [-0.3, -0.25) is 33.6 Å². The first-order chi connectivity index (χ1) is 22.9. The lowest BCUT2D eigenvalue weighted by molar-refractivity contribution is -0.146. The van der Waals surface area contributed by atoms with Crippen LogP contribution in [0.2, 0.25) is 0 Å². The van der Waals surface area contributed by atoms with Crippen molar-refractivity contribution >= 4 is 47.5 Å². The summed E-state index contributed by atoms with van der Waals surface area (Å²) in [5, 5.41) is 19.5. The van der Waals surface area contributed by atoms with Gasteiger partial charge in [0.1, 0.15) is 18.1 Å². The van der Waals surface area contributed by atoms with Crippen molar-refractivity contribution in [2.24, 2.45) is 10.9 Å². The number of carboxylic acid groups (broad SMARTS) is 1. The molecule has 18 nitrogen and oxygen atoms in total. The third kappa shape index (κ3) is 17.1. The molecule has 1 aliphatic heterocycles. The molecule has 0 spiro atoms. The van der Waals surface area contributed by atoms with E-state index in [1.807, 2.05) is 0 Å². The highest BCUT2D eigenvalue weighted by atomic mass is 16.5. The monoisotopic (exact) mass is 684 g/mol. The molecular formula is C30H48N6O12. The summed E-state index contributed by atoms with van der Waals surface area (Å²) in [5.74, 6) is -4.94. The Morgan fingerprint density at radius 1 is 0.875 bits per heavy atom. The predicted octanol–water partition coefficient (Wildman–Crippen LogP) is -1.59. The van der Waals surface area contributed by atoms with E-state index in [1.54, 1.807) is 20.9 Å². The van der Waals surface area contributed by atoms with Crippen molar-refractivity contribution in [1.29, 1.82) is 0 Å². The van der Waals surface area contributed by atoms with E-state index < -0.39 is 60.1 Å². The van der Waals surface area contributed by atoms with Gasteiger partial charge in [-0.25, -0.2) is 4.79 Å². The highest BCUT2D eigenvalue weighted by Gasteiger charge is 2.39. The Hall–Kier alpha value is -4.25. The number of isocyanates is 1. The number of amides is 6. The topological polar surface area (TPSA) is 248 Å². The van der Waals surface area contributed by atoms with Crippen LogP contribution in [0.3, 0.4) is 0 Å². The standard InChI is InChI=1S/C30H48N6O12/c1-20(2)27(29(44)33-19-37)35-28(43)22-6-5-11-36(22)30(45)21(18-26(41)42)34-25(40)9-12-46-14-16-48-17-15-47-13-10-32-24(39)8-4-7-23(38)31-3/h20-22,27H,4-18H2,1-3H3,(H,31,38)(H,32,39)(H,34,40)(H,35,43)(H,41,42)/t21-,22-,27-/m0/s1. The summed E-state index contributed by atoms with van der Waals surface area (Å²) in [6.45, 7) is 4.98. The smallest absolute Gasteiger partial charge is 0.305 e. The van der Waals surface area contributed by atoms with Gasteiger partial charge in [0.2, 0.25) is 35.6 Å². The molecule has 1 rings (SSSR count). The number of hydrogen-bond donors (Lipinski definition) is 5. The maximum Gasteiger partial charge on any atom is 0.305 e. The van der Waals surface area contributed by atoms with Gasteiger partial charge in [-0.1, -0.05) is 13.8 Å². The van der Waals surface area contributed by atoms with E-state index in [1.165, 1.54) is 4.90 Å². The zero-order chi connectivity index (χ0) is 35.9. The van der Waals surface area contributed by atoms with Crippen LogP contribution in [-0.2, 0) is 52.6 Å². The summed E-state index contributed by atoms with van der Waals surface area (Å²) in [4.78, 5) is 99.9. The normalized spacial score (nSPS) is 15.2. The van der Waals surface area contributed by atoms with Crippen LogP contribution in [0.1, 0.15) is 58.8 Å². The number of aliphatic carboxylic acids is 1. The van der Waals surface area contributed by atoms with Gasteiger partial charge in [-0.05, 0) is 25.2 Å². The number of nitrogens with zero attached hydrogens (tertiary/aromatic N) is 2. The van der Waals surface area contributed by atoms with Crippen molar-refractivity contribution in [3.8, 4) is 0 Å². The number of aliphatic imine (C=N–C) groups is 1. The Bertz CT molecular complexity index is 1140. The second kappa shape index (κ2) is 24.0. The van der Waals surface area contributed by atoms with Crippen LogP contribution < -0.4 is 21.3 Å². The SMILES string of the molecule is CNC(=O)CCCC(=O)NCCOCCOCCOCCC(=O)N[C@@H](CC(=O)O)C(=O)N1CCC[C@H]1C(=O)N[C@H](C(=O)N=C=O)C(C)C. The molecule has 0 radical (unpaired) electrons. The molecule has 1 fully saturated rings. The molecule has 5 N–H and O–H groups in total. The van der Waals surface area contributed by atoms with Gasteiger partial charge in [0.25, 0.3) is 5.91 Å². The molecule has 3 atom stereocenters. The van der Waals surface area contributed by atoms with Gasteiger partial charge in [0.15, 0.2) is 0 Å². The minimum atomic E-state index is -1.43. The van der Waals surface area contributed by atoms with E-state index in [4.69, 9.17) is 14.2 Å². The summed E-state index contributed by atoms with van der Waals surface area (Å²) >= 11 is 0. The third-order valence-electron chi connectivity index (χ3n) is 7.11. The maximum absolute atomic E-state index is 13.3. The average molecular weight is 685 g/mol. The molecule has 1 saturated heterocycles.